The van der Waals surface area contributed by atoms with Crippen LogP contribution in [0.15, 0.2) is 30.3 Å². The number of rotatable bonds is 6. The highest BCUT2D eigenvalue weighted by Crippen LogP contribution is 2.31. The number of aliphatic hydroxyl groups is 1. The molecule has 1 fully saturated rings. The van der Waals surface area contributed by atoms with E-state index in [9.17, 15) is 22.7 Å². The zero-order valence-corrected chi connectivity index (χ0v) is 18.2. The lowest BCUT2D eigenvalue weighted by molar-refractivity contribution is -0.156. The Morgan fingerprint density at radius 1 is 1.26 bits per heavy atom. The topological polar surface area (TPSA) is 118 Å². The number of carbonyl (C=O) groups is 1. The summed E-state index contributed by atoms with van der Waals surface area (Å²) in [6, 6.07) is 5.63. The number of carbonyl (C=O) groups excluding carboxylic acids is 1. The second-order valence-corrected chi connectivity index (χ2v) is 9.46. The molecular formula is C21H24FN3O5S. The summed E-state index contributed by atoms with van der Waals surface area (Å²) in [7, 11) is -3.62. The number of benzene rings is 1. The summed E-state index contributed by atoms with van der Waals surface area (Å²) in [5.74, 6) is -1.11. The monoisotopic (exact) mass is 449 g/mol. The largest absolute Gasteiger partial charge is 0.458 e. The molecule has 1 aromatic carbocycles. The van der Waals surface area contributed by atoms with Gasteiger partial charge in [-0.2, -0.15) is 0 Å². The highest BCUT2D eigenvalue weighted by Gasteiger charge is 2.26. The van der Waals surface area contributed by atoms with Gasteiger partial charge in [-0.1, -0.05) is 19.9 Å². The Morgan fingerprint density at radius 3 is 2.52 bits per heavy atom. The van der Waals surface area contributed by atoms with Crippen molar-refractivity contribution in [2.45, 2.75) is 44.8 Å². The van der Waals surface area contributed by atoms with Crippen molar-refractivity contribution in [1.82, 2.24) is 9.97 Å². The van der Waals surface area contributed by atoms with Gasteiger partial charge < -0.3 is 9.84 Å². The maximum Gasteiger partial charge on any atom is 0.309 e. The molecule has 1 aliphatic heterocycles. The first-order valence-corrected chi connectivity index (χ1v) is 11.6. The number of hydrogen-bond acceptors (Lipinski definition) is 7. The van der Waals surface area contributed by atoms with E-state index < -0.39 is 34.0 Å². The molecule has 3 rings (SSSR count). The van der Waals surface area contributed by atoms with Crippen molar-refractivity contribution in [3.8, 4) is 11.3 Å². The number of nitrogens with zero attached hydrogens (tertiary/aromatic N) is 2. The van der Waals surface area contributed by atoms with E-state index in [-0.39, 0.29) is 24.7 Å². The third-order valence-electron chi connectivity index (χ3n) is 4.58. The molecule has 0 spiro atoms. The molecular weight excluding hydrogens is 425 g/mol. The molecule has 31 heavy (non-hydrogen) atoms. The van der Waals surface area contributed by atoms with E-state index in [2.05, 4.69) is 14.7 Å². The lowest BCUT2D eigenvalue weighted by Crippen LogP contribution is -2.31. The van der Waals surface area contributed by atoms with E-state index in [1.807, 2.05) is 13.8 Å². The lowest BCUT2D eigenvalue weighted by Gasteiger charge is -2.23. The molecule has 1 aliphatic rings. The second kappa shape index (κ2) is 9.11. The van der Waals surface area contributed by atoms with Crippen LogP contribution in [-0.4, -0.2) is 47.9 Å². The highest BCUT2D eigenvalue weighted by atomic mass is 32.2. The number of aromatic nitrogens is 2. The summed E-state index contributed by atoms with van der Waals surface area (Å²) in [5.41, 5.74) is 2.09. The van der Waals surface area contributed by atoms with E-state index in [4.69, 9.17) is 4.74 Å². The van der Waals surface area contributed by atoms with Crippen molar-refractivity contribution in [3.05, 3.63) is 47.4 Å². The molecule has 166 valence electrons. The first-order valence-electron chi connectivity index (χ1n) is 9.73. The molecule has 0 unspecified atom stereocenters. The molecule has 1 saturated heterocycles. The molecule has 0 bridgehead atoms. The Labute approximate surface area is 180 Å². The molecule has 0 amide bonds. The van der Waals surface area contributed by atoms with Gasteiger partial charge in [-0.05, 0) is 36.3 Å². The lowest BCUT2D eigenvalue weighted by atomic mass is 9.97. The van der Waals surface area contributed by atoms with Crippen LogP contribution in [0.3, 0.4) is 0 Å². The molecule has 1 aromatic heterocycles. The van der Waals surface area contributed by atoms with Gasteiger partial charge in [0.2, 0.25) is 16.0 Å². The fourth-order valence-corrected chi connectivity index (χ4v) is 3.68. The van der Waals surface area contributed by atoms with Gasteiger partial charge in [-0.15, -0.1) is 0 Å². The highest BCUT2D eigenvalue weighted by molar-refractivity contribution is 7.91. The van der Waals surface area contributed by atoms with Gasteiger partial charge in [-0.3, -0.25) is 9.52 Å². The van der Waals surface area contributed by atoms with E-state index in [1.165, 1.54) is 24.3 Å². The van der Waals surface area contributed by atoms with Crippen molar-refractivity contribution < 1.29 is 27.4 Å². The van der Waals surface area contributed by atoms with Crippen LogP contribution in [0.2, 0.25) is 0 Å². The van der Waals surface area contributed by atoms with Crippen molar-refractivity contribution in [2.75, 3.05) is 11.0 Å². The van der Waals surface area contributed by atoms with Crippen molar-refractivity contribution in [3.63, 3.8) is 0 Å². The number of halogens is 1. The fraction of sp³-hybridized carbons (Fsp3) is 0.381. The van der Waals surface area contributed by atoms with Crippen LogP contribution in [0.1, 0.15) is 43.9 Å². The van der Waals surface area contributed by atoms with Crippen molar-refractivity contribution >= 4 is 28.0 Å². The van der Waals surface area contributed by atoms with Crippen LogP contribution in [-0.2, 0) is 19.6 Å². The van der Waals surface area contributed by atoms with Crippen LogP contribution in [0.5, 0.6) is 0 Å². The average Bonchev–Trinajstić information content (AvgIpc) is 2.65. The van der Waals surface area contributed by atoms with Crippen LogP contribution in [0.25, 0.3) is 17.3 Å². The van der Waals surface area contributed by atoms with Gasteiger partial charge in [0, 0.05) is 17.5 Å². The zero-order valence-electron chi connectivity index (χ0n) is 17.4. The molecule has 10 heteroatoms. The van der Waals surface area contributed by atoms with Crippen LogP contribution < -0.4 is 4.72 Å². The Balaban J connectivity index is 2.13. The number of aliphatic hydroxyl groups excluding tert-OH is 1. The number of cyclic esters (lactones) is 1. The fourth-order valence-electron chi connectivity index (χ4n) is 3.26. The molecule has 0 aliphatic carbocycles. The van der Waals surface area contributed by atoms with Crippen LogP contribution in [0, 0.1) is 5.82 Å². The van der Waals surface area contributed by atoms with Crippen LogP contribution >= 0.6 is 0 Å². The Bertz CT molecular complexity index is 1100. The second-order valence-electron chi connectivity index (χ2n) is 7.71. The SMILES string of the molecule is CC(C)c1nc(NS(C)(=O)=O)nc(-c2ccc(F)cc2)c1/C=C/[C@@H]1C[C@@H](O)CC(=O)O1. The maximum atomic E-state index is 13.5. The van der Waals surface area contributed by atoms with E-state index in [0.29, 0.717) is 22.5 Å². The maximum absolute atomic E-state index is 13.5. The third-order valence-corrected chi connectivity index (χ3v) is 5.14. The molecule has 2 atom stereocenters. The number of hydrogen-bond donors (Lipinski definition) is 2. The number of ether oxygens (including phenoxy) is 1. The summed E-state index contributed by atoms with van der Waals surface area (Å²) < 4.78 is 44.5. The molecule has 2 heterocycles. The van der Waals surface area contributed by atoms with Crippen LogP contribution in [0.4, 0.5) is 10.3 Å². The molecule has 0 saturated carbocycles. The first-order chi connectivity index (χ1) is 14.5. The van der Waals surface area contributed by atoms with Gasteiger partial charge in [0.15, 0.2) is 0 Å². The Kier molecular flexibility index (Phi) is 6.71. The molecule has 2 N–H and O–H groups in total. The van der Waals surface area contributed by atoms with E-state index in [1.54, 1.807) is 12.2 Å². The number of sulfonamides is 1. The summed E-state index contributed by atoms with van der Waals surface area (Å²) in [6.45, 7) is 3.78. The minimum atomic E-state index is -3.62. The normalized spacial score (nSPS) is 19.6. The Hall–Kier alpha value is -2.85. The van der Waals surface area contributed by atoms with Gasteiger partial charge >= 0.3 is 5.97 Å². The van der Waals surface area contributed by atoms with E-state index in [0.717, 1.165) is 6.26 Å². The number of esters is 1. The van der Waals surface area contributed by atoms with E-state index >= 15 is 0 Å². The van der Waals surface area contributed by atoms with Gasteiger partial charge in [-0.25, -0.2) is 22.8 Å². The minimum Gasteiger partial charge on any atom is -0.458 e. The number of nitrogens with one attached hydrogen (secondary N) is 1. The standard InChI is InChI=1S/C21H24FN3O5S/c1-12(2)19-17(9-8-16-10-15(26)11-18(27)30-16)20(13-4-6-14(22)7-5-13)24-21(23-19)25-31(3,28)29/h4-9,12,15-16,26H,10-11H2,1-3H3,(H,23,24,25)/b9-8+/t15-,16-/m1/s1. The summed E-state index contributed by atoms with van der Waals surface area (Å²) in [6.07, 6.45) is 3.15. The molecule has 0 radical (unpaired) electrons. The predicted molar refractivity (Wildman–Crippen MR) is 114 cm³/mol. The summed E-state index contributed by atoms with van der Waals surface area (Å²) in [4.78, 5) is 20.4. The summed E-state index contributed by atoms with van der Waals surface area (Å²) in [5, 5.41) is 9.83. The van der Waals surface area contributed by atoms with Gasteiger partial charge in [0.1, 0.15) is 11.9 Å². The molecule has 2 aromatic rings. The minimum absolute atomic E-state index is 0.0443. The quantitative estimate of drug-likeness (QED) is 0.651. The zero-order chi connectivity index (χ0) is 22.8. The predicted octanol–water partition coefficient (Wildman–Crippen LogP) is 2.86. The number of anilines is 1. The Morgan fingerprint density at radius 2 is 1.94 bits per heavy atom. The van der Waals surface area contributed by atoms with Gasteiger partial charge in [0.05, 0.1) is 30.2 Å². The van der Waals surface area contributed by atoms with Gasteiger partial charge in [0.25, 0.3) is 0 Å². The van der Waals surface area contributed by atoms with Crippen molar-refractivity contribution in [2.24, 2.45) is 0 Å². The average molecular weight is 450 g/mol. The van der Waals surface area contributed by atoms with Crippen molar-refractivity contribution in [1.29, 1.82) is 0 Å². The first kappa shape index (κ1) is 22.8. The third kappa shape index (κ3) is 6.08. The smallest absolute Gasteiger partial charge is 0.309 e. The summed E-state index contributed by atoms with van der Waals surface area (Å²) >= 11 is 0. The molecule has 8 nitrogen and oxygen atoms in total.